The minimum Gasteiger partial charge on any atom is -0.481 e. The molecule has 1 aliphatic rings. The summed E-state index contributed by atoms with van der Waals surface area (Å²) in [6.07, 6.45) is 5.37. The zero-order valence-electron chi connectivity index (χ0n) is 10.9. The Morgan fingerprint density at radius 2 is 2.32 bits per heavy atom. The minimum absolute atomic E-state index is 0.0215. The molecule has 0 aromatic carbocycles. The molecule has 2 rings (SSSR count). The Morgan fingerprint density at radius 3 is 2.84 bits per heavy atom. The number of urea groups is 1. The van der Waals surface area contributed by atoms with Gasteiger partial charge < -0.3 is 19.9 Å². The second-order valence-electron chi connectivity index (χ2n) is 4.68. The number of carboxylic acids is 1. The molecular formula is C12H18N4O3. The van der Waals surface area contributed by atoms with Gasteiger partial charge in [0, 0.05) is 32.0 Å². The number of carboxylic acid groups (broad SMARTS) is 1. The standard InChI is InChI=1S/C12H18N4O3/c1-15-7-5-13-10(15)8-14-12(19)16(9-2-3-9)6-4-11(17)18/h5,7,9H,2-4,6,8H2,1H3,(H,14,19)(H,17,18). The third kappa shape index (κ3) is 3.70. The molecule has 0 unspecified atom stereocenters. The summed E-state index contributed by atoms with van der Waals surface area (Å²) < 4.78 is 1.83. The molecular weight excluding hydrogens is 248 g/mol. The van der Waals surface area contributed by atoms with Crippen molar-refractivity contribution in [3.8, 4) is 0 Å². The van der Waals surface area contributed by atoms with Crippen molar-refractivity contribution in [1.29, 1.82) is 0 Å². The number of carbonyl (C=O) groups excluding carboxylic acids is 1. The molecule has 104 valence electrons. The summed E-state index contributed by atoms with van der Waals surface area (Å²) in [6, 6.07) is -0.0209. The maximum atomic E-state index is 12.0. The molecule has 1 heterocycles. The maximum absolute atomic E-state index is 12.0. The van der Waals surface area contributed by atoms with Crippen molar-refractivity contribution < 1.29 is 14.7 Å². The summed E-state index contributed by atoms with van der Waals surface area (Å²) in [5.41, 5.74) is 0. The van der Waals surface area contributed by atoms with Crippen molar-refractivity contribution >= 4 is 12.0 Å². The quantitative estimate of drug-likeness (QED) is 0.788. The molecule has 2 amide bonds. The van der Waals surface area contributed by atoms with Crippen LogP contribution in [0.3, 0.4) is 0 Å². The van der Waals surface area contributed by atoms with E-state index in [1.165, 1.54) is 0 Å². The molecule has 19 heavy (non-hydrogen) atoms. The Kier molecular flexibility index (Phi) is 4.03. The summed E-state index contributed by atoms with van der Waals surface area (Å²) in [6.45, 7) is 0.602. The Hall–Kier alpha value is -2.05. The first-order valence-corrected chi connectivity index (χ1v) is 6.30. The molecule has 1 saturated carbocycles. The van der Waals surface area contributed by atoms with Gasteiger partial charge in [-0.2, -0.15) is 0 Å². The normalized spacial score (nSPS) is 14.2. The predicted molar refractivity (Wildman–Crippen MR) is 67.4 cm³/mol. The van der Waals surface area contributed by atoms with E-state index in [1.54, 1.807) is 11.1 Å². The second kappa shape index (κ2) is 5.73. The lowest BCUT2D eigenvalue weighted by Crippen LogP contribution is -2.42. The van der Waals surface area contributed by atoms with E-state index in [9.17, 15) is 9.59 Å². The van der Waals surface area contributed by atoms with Crippen LogP contribution in [0.15, 0.2) is 12.4 Å². The van der Waals surface area contributed by atoms with Gasteiger partial charge in [0.2, 0.25) is 0 Å². The van der Waals surface area contributed by atoms with E-state index in [-0.39, 0.29) is 25.0 Å². The monoisotopic (exact) mass is 266 g/mol. The number of nitrogens with zero attached hydrogens (tertiary/aromatic N) is 3. The predicted octanol–water partition coefficient (Wildman–Crippen LogP) is 0.569. The SMILES string of the molecule is Cn1ccnc1CNC(=O)N(CCC(=O)O)C1CC1. The fourth-order valence-corrected chi connectivity index (χ4v) is 1.88. The Labute approximate surface area is 111 Å². The lowest BCUT2D eigenvalue weighted by molar-refractivity contribution is -0.137. The molecule has 0 radical (unpaired) electrons. The Morgan fingerprint density at radius 1 is 1.58 bits per heavy atom. The van der Waals surface area contributed by atoms with Crippen LogP contribution in [0.1, 0.15) is 25.1 Å². The lowest BCUT2D eigenvalue weighted by atomic mass is 10.4. The fourth-order valence-electron chi connectivity index (χ4n) is 1.88. The molecule has 7 heteroatoms. The van der Waals surface area contributed by atoms with Crippen molar-refractivity contribution in [2.75, 3.05) is 6.54 Å². The molecule has 2 N–H and O–H groups in total. The highest BCUT2D eigenvalue weighted by atomic mass is 16.4. The van der Waals surface area contributed by atoms with Gasteiger partial charge in [-0.3, -0.25) is 4.79 Å². The number of carbonyl (C=O) groups is 2. The van der Waals surface area contributed by atoms with Crippen molar-refractivity contribution in [2.45, 2.75) is 31.8 Å². The number of hydrogen-bond acceptors (Lipinski definition) is 3. The van der Waals surface area contributed by atoms with Gasteiger partial charge in [-0.25, -0.2) is 9.78 Å². The largest absolute Gasteiger partial charge is 0.481 e. The van der Waals surface area contributed by atoms with Crippen LogP contribution in [-0.4, -0.2) is 44.1 Å². The number of aliphatic carboxylic acids is 1. The number of amides is 2. The van der Waals surface area contributed by atoms with Gasteiger partial charge in [0.15, 0.2) is 0 Å². The van der Waals surface area contributed by atoms with Crippen LogP contribution < -0.4 is 5.32 Å². The van der Waals surface area contributed by atoms with Crippen molar-refractivity contribution in [1.82, 2.24) is 19.8 Å². The van der Waals surface area contributed by atoms with Gasteiger partial charge in [0.05, 0.1) is 13.0 Å². The number of rotatable bonds is 6. The lowest BCUT2D eigenvalue weighted by Gasteiger charge is -2.21. The number of imidazole rings is 1. The molecule has 1 aliphatic carbocycles. The zero-order valence-corrected chi connectivity index (χ0v) is 10.9. The van der Waals surface area contributed by atoms with E-state index in [0.29, 0.717) is 6.54 Å². The highest BCUT2D eigenvalue weighted by Crippen LogP contribution is 2.26. The molecule has 0 spiro atoms. The summed E-state index contributed by atoms with van der Waals surface area (Å²) >= 11 is 0. The van der Waals surface area contributed by atoms with Gasteiger partial charge >= 0.3 is 12.0 Å². The third-order valence-electron chi connectivity index (χ3n) is 3.13. The fraction of sp³-hybridized carbons (Fsp3) is 0.583. The summed E-state index contributed by atoms with van der Waals surface area (Å²) in [5.74, 6) is -0.120. The summed E-state index contributed by atoms with van der Waals surface area (Å²) in [4.78, 5) is 28.3. The van der Waals surface area contributed by atoms with Crippen LogP contribution >= 0.6 is 0 Å². The summed E-state index contributed by atoms with van der Waals surface area (Å²) in [7, 11) is 1.86. The summed E-state index contributed by atoms with van der Waals surface area (Å²) in [5, 5.41) is 11.5. The number of aromatic nitrogens is 2. The average molecular weight is 266 g/mol. The molecule has 0 atom stereocenters. The van der Waals surface area contributed by atoms with E-state index in [0.717, 1.165) is 18.7 Å². The smallest absolute Gasteiger partial charge is 0.318 e. The topological polar surface area (TPSA) is 87.5 Å². The number of nitrogens with one attached hydrogen (secondary N) is 1. The molecule has 1 fully saturated rings. The van der Waals surface area contributed by atoms with Crippen molar-refractivity contribution in [2.24, 2.45) is 7.05 Å². The van der Waals surface area contributed by atoms with E-state index in [1.807, 2.05) is 17.8 Å². The first-order chi connectivity index (χ1) is 9.08. The third-order valence-corrected chi connectivity index (χ3v) is 3.13. The highest BCUT2D eigenvalue weighted by Gasteiger charge is 2.32. The Bertz CT molecular complexity index is 467. The molecule has 0 aliphatic heterocycles. The van der Waals surface area contributed by atoms with Crippen LogP contribution in [0.2, 0.25) is 0 Å². The van der Waals surface area contributed by atoms with Crippen molar-refractivity contribution in [3.05, 3.63) is 18.2 Å². The maximum Gasteiger partial charge on any atom is 0.318 e. The van der Waals surface area contributed by atoms with Crippen LogP contribution in [0.25, 0.3) is 0 Å². The Balaban J connectivity index is 1.85. The van der Waals surface area contributed by atoms with Gasteiger partial charge in [0.25, 0.3) is 0 Å². The highest BCUT2D eigenvalue weighted by molar-refractivity contribution is 5.75. The van der Waals surface area contributed by atoms with Crippen LogP contribution in [0.5, 0.6) is 0 Å². The molecule has 1 aromatic heterocycles. The van der Waals surface area contributed by atoms with Crippen LogP contribution in [0, 0.1) is 0 Å². The van der Waals surface area contributed by atoms with Crippen molar-refractivity contribution in [3.63, 3.8) is 0 Å². The first kappa shape index (κ1) is 13.4. The van der Waals surface area contributed by atoms with E-state index >= 15 is 0 Å². The van der Waals surface area contributed by atoms with Gasteiger partial charge in [0.1, 0.15) is 5.82 Å². The van der Waals surface area contributed by atoms with Gasteiger partial charge in [-0.1, -0.05) is 0 Å². The number of hydrogen-bond donors (Lipinski definition) is 2. The van der Waals surface area contributed by atoms with E-state index in [2.05, 4.69) is 10.3 Å². The average Bonchev–Trinajstić information content (AvgIpc) is 3.10. The van der Waals surface area contributed by atoms with Crippen LogP contribution in [-0.2, 0) is 18.4 Å². The minimum atomic E-state index is -0.887. The number of aryl methyl sites for hydroxylation is 1. The van der Waals surface area contributed by atoms with E-state index in [4.69, 9.17) is 5.11 Å². The van der Waals surface area contributed by atoms with Crippen LogP contribution in [0.4, 0.5) is 4.79 Å². The molecule has 0 saturated heterocycles. The molecule has 7 nitrogen and oxygen atoms in total. The zero-order chi connectivity index (χ0) is 13.8. The van der Waals surface area contributed by atoms with E-state index < -0.39 is 5.97 Å². The van der Waals surface area contributed by atoms with Gasteiger partial charge in [-0.15, -0.1) is 0 Å². The second-order valence-corrected chi connectivity index (χ2v) is 4.68. The molecule has 1 aromatic rings. The van der Waals surface area contributed by atoms with Gasteiger partial charge in [-0.05, 0) is 12.8 Å². The first-order valence-electron chi connectivity index (χ1n) is 6.30. The molecule has 0 bridgehead atoms.